The van der Waals surface area contributed by atoms with E-state index in [2.05, 4.69) is 15.4 Å². The molecule has 6 heteroatoms. The van der Waals surface area contributed by atoms with Gasteiger partial charge in [-0.2, -0.15) is 0 Å². The highest BCUT2D eigenvalue weighted by Gasteiger charge is 2.07. The lowest BCUT2D eigenvalue weighted by Gasteiger charge is -2.08. The molecule has 0 amide bonds. The molecule has 3 aromatic rings. The van der Waals surface area contributed by atoms with E-state index >= 15 is 0 Å². The third-order valence-electron chi connectivity index (χ3n) is 3.31. The lowest BCUT2D eigenvalue weighted by Crippen LogP contribution is -2.30. The van der Waals surface area contributed by atoms with Crippen molar-refractivity contribution in [2.24, 2.45) is 0 Å². The predicted molar refractivity (Wildman–Crippen MR) is 81.7 cm³/mol. The summed E-state index contributed by atoms with van der Waals surface area (Å²) in [5.41, 5.74) is 1.07. The first-order valence-corrected chi connectivity index (χ1v) is 6.53. The van der Waals surface area contributed by atoms with Crippen LogP contribution in [0.5, 0.6) is 0 Å². The molecule has 0 saturated carbocycles. The van der Waals surface area contributed by atoms with Crippen LogP contribution in [0.15, 0.2) is 52.2 Å². The molecule has 2 heterocycles. The number of aromatic amines is 1. The van der Waals surface area contributed by atoms with Crippen molar-refractivity contribution in [3.8, 4) is 0 Å². The zero-order valence-corrected chi connectivity index (χ0v) is 11.5. The van der Waals surface area contributed by atoms with Gasteiger partial charge in [0.05, 0.1) is 23.0 Å². The van der Waals surface area contributed by atoms with E-state index in [9.17, 15) is 9.59 Å². The van der Waals surface area contributed by atoms with Crippen LogP contribution in [0.25, 0.3) is 10.8 Å². The summed E-state index contributed by atoms with van der Waals surface area (Å²) in [5.74, 6) is 0. The van der Waals surface area contributed by atoms with Crippen LogP contribution >= 0.6 is 0 Å². The molecular weight excluding hydrogens is 268 g/mol. The number of anilines is 1. The molecule has 0 saturated heterocycles. The summed E-state index contributed by atoms with van der Waals surface area (Å²) in [6.07, 6.45) is 1.66. The number of aromatic nitrogens is 3. The molecule has 0 aliphatic heterocycles. The zero-order valence-electron chi connectivity index (χ0n) is 11.5. The van der Waals surface area contributed by atoms with Crippen molar-refractivity contribution in [1.29, 1.82) is 0 Å². The van der Waals surface area contributed by atoms with Crippen molar-refractivity contribution in [2.75, 3.05) is 12.4 Å². The summed E-state index contributed by atoms with van der Waals surface area (Å²) in [5, 5.41) is 6.41. The molecule has 2 N–H and O–H groups in total. The molecule has 0 aliphatic rings. The maximum atomic E-state index is 12.4. The number of nitrogens with zero attached hydrogens (tertiary/aromatic N) is 2. The number of hydrogen-bond acceptors (Lipinski definition) is 4. The van der Waals surface area contributed by atoms with E-state index in [1.54, 1.807) is 30.5 Å². The van der Waals surface area contributed by atoms with E-state index in [0.29, 0.717) is 16.5 Å². The van der Waals surface area contributed by atoms with Crippen LogP contribution < -0.4 is 16.4 Å². The Hall–Kier alpha value is -2.89. The Labute approximate surface area is 120 Å². The van der Waals surface area contributed by atoms with Gasteiger partial charge in [0.2, 0.25) is 0 Å². The van der Waals surface area contributed by atoms with E-state index in [1.807, 2.05) is 19.2 Å². The average molecular weight is 282 g/mol. The van der Waals surface area contributed by atoms with Gasteiger partial charge in [-0.1, -0.05) is 12.1 Å². The van der Waals surface area contributed by atoms with Crippen LogP contribution in [0.3, 0.4) is 0 Å². The second-order valence-corrected chi connectivity index (χ2v) is 4.66. The summed E-state index contributed by atoms with van der Waals surface area (Å²) in [6, 6.07) is 10.4. The molecule has 21 heavy (non-hydrogen) atoms. The number of pyridine rings is 1. The van der Waals surface area contributed by atoms with Crippen molar-refractivity contribution in [3.63, 3.8) is 0 Å². The van der Waals surface area contributed by atoms with Crippen LogP contribution in [-0.4, -0.2) is 21.8 Å². The van der Waals surface area contributed by atoms with Gasteiger partial charge in [-0.05, 0) is 24.3 Å². The maximum Gasteiger partial charge on any atom is 0.273 e. The molecule has 0 aliphatic carbocycles. The number of hydrogen-bond donors (Lipinski definition) is 2. The van der Waals surface area contributed by atoms with Gasteiger partial charge in [-0.15, -0.1) is 0 Å². The minimum Gasteiger partial charge on any atom is -0.388 e. The predicted octanol–water partition coefficient (Wildman–Crippen LogP) is 1.17. The standard InChI is InChI=1S/C15H14N4O2/c1-16-10-6-7-17-11(8-10)9-19-15(21)13-5-3-2-4-12(13)14(20)18-19/h2-8H,9H2,1H3,(H,16,17)(H,18,20). The SMILES string of the molecule is CNc1ccnc(Cn2[nH]c(=O)c3ccccc3c2=O)c1. The number of fused-ring (bicyclic) bond motifs is 1. The minimum atomic E-state index is -0.282. The highest BCUT2D eigenvalue weighted by atomic mass is 16.2. The largest absolute Gasteiger partial charge is 0.388 e. The summed E-state index contributed by atoms with van der Waals surface area (Å²) >= 11 is 0. The van der Waals surface area contributed by atoms with Gasteiger partial charge >= 0.3 is 0 Å². The van der Waals surface area contributed by atoms with Crippen LogP contribution in [0, 0.1) is 0 Å². The minimum absolute atomic E-state index is 0.217. The first-order valence-electron chi connectivity index (χ1n) is 6.53. The third kappa shape index (κ3) is 2.43. The first kappa shape index (κ1) is 13.1. The molecule has 0 atom stereocenters. The number of rotatable bonds is 3. The summed E-state index contributed by atoms with van der Waals surface area (Å²) in [6.45, 7) is 0.217. The third-order valence-corrected chi connectivity index (χ3v) is 3.31. The van der Waals surface area contributed by atoms with Crippen molar-refractivity contribution in [2.45, 2.75) is 6.54 Å². The van der Waals surface area contributed by atoms with Gasteiger partial charge in [0.25, 0.3) is 11.1 Å². The van der Waals surface area contributed by atoms with E-state index in [1.165, 1.54) is 4.68 Å². The van der Waals surface area contributed by atoms with Gasteiger partial charge in [0.15, 0.2) is 0 Å². The fourth-order valence-electron chi connectivity index (χ4n) is 2.24. The van der Waals surface area contributed by atoms with E-state index in [-0.39, 0.29) is 17.7 Å². The highest BCUT2D eigenvalue weighted by Crippen LogP contribution is 2.08. The molecule has 0 unspecified atom stereocenters. The molecule has 106 valence electrons. The van der Waals surface area contributed by atoms with Gasteiger partial charge in [0.1, 0.15) is 0 Å². The molecule has 6 nitrogen and oxygen atoms in total. The summed E-state index contributed by atoms with van der Waals surface area (Å²) < 4.78 is 1.28. The fourth-order valence-corrected chi connectivity index (χ4v) is 2.24. The first-order chi connectivity index (χ1) is 10.2. The molecule has 0 spiro atoms. The molecule has 0 radical (unpaired) electrons. The van der Waals surface area contributed by atoms with Gasteiger partial charge in [-0.3, -0.25) is 19.7 Å². The van der Waals surface area contributed by atoms with Crippen molar-refractivity contribution in [3.05, 3.63) is 69.0 Å². The van der Waals surface area contributed by atoms with Crippen LogP contribution in [0.2, 0.25) is 0 Å². The Morgan fingerprint density at radius 1 is 1.19 bits per heavy atom. The van der Waals surface area contributed by atoms with Crippen LogP contribution in [0.1, 0.15) is 5.69 Å². The quantitative estimate of drug-likeness (QED) is 0.756. The zero-order chi connectivity index (χ0) is 14.8. The Balaban J connectivity index is 2.11. The summed E-state index contributed by atoms with van der Waals surface area (Å²) in [4.78, 5) is 28.6. The number of nitrogens with one attached hydrogen (secondary N) is 2. The molecular formula is C15H14N4O2. The normalized spacial score (nSPS) is 10.7. The number of benzene rings is 1. The fraction of sp³-hybridized carbons (Fsp3) is 0.133. The Morgan fingerprint density at radius 3 is 2.71 bits per heavy atom. The lowest BCUT2D eigenvalue weighted by molar-refractivity contribution is 0.626. The number of H-pyrrole nitrogens is 1. The van der Waals surface area contributed by atoms with E-state index in [0.717, 1.165) is 5.69 Å². The molecule has 1 aromatic carbocycles. The molecule has 3 rings (SSSR count). The van der Waals surface area contributed by atoms with Crippen LogP contribution in [0.4, 0.5) is 5.69 Å². The average Bonchev–Trinajstić information content (AvgIpc) is 2.52. The van der Waals surface area contributed by atoms with Gasteiger partial charge in [-0.25, -0.2) is 4.68 Å². The van der Waals surface area contributed by atoms with Crippen molar-refractivity contribution < 1.29 is 0 Å². The van der Waals surface area contributed by atoms with E-state index < -0.39 is 0 Å². The smallest absolute Gasteiger partial charge is 0.273 e. The van der Waals surface area contributed by atoms with Crippen LogP contribution in [-0.2, 0) is 6.54 Å². The Morgan fingerprint density at radius 2 is 1.95 bits per heavy atom. The maximum absolute atomic E-state index is 12.4. The summed E-state index contributed by atoms with van der Waals surface area (Å²) in [7, 11) is 1.81. The monoisotopic (exact) mass is 282 g/mol. The van der Waals surface area contributed by atoms with Gasteiger partial charge in [0, 0.05) is 18.9 Å². The van der Waals surface area contributed by atoms with Crippen molar-refractivity contribution in [1.82, 2.24) is 14.8 Å². The Bertz CT molecular complexity index is 911. The molecule has 0 bridgehead atoms. The Kier molecular flexibility index (Phi) is 3.27. The van der Waals surface area contributed by atoms with E-state index in [4.69, 9.17) is 0 Å². The lowest BCUT2D eigenvalue weighted by atomic mass is 10.2. The second-order valence-electron chi connectivity index (χ2n) is 4.66. The topological polar surface area (TPSA) is 79.8 Å². The van der Waals surface area contributed by atoms with Gasteiger partial charge < -0.3 is 5.32 Å². The molecule has 0 fully saturated rings. The molecule has 2 aromatic heterocycles. The second kappa shape index (κ2) is 5.24. The van der Waals surface area contributed by atoms with Crippen molar-refractivity contribution >= 4 is 16.5 Å². The highest BCUT2D eigenvalue weighted by molar-refractivity contribution is 5.80.